The summed E-state index contributed by atoms with van der Waals surface area (Å²) >= 11 is 0. The molecular weight excluding hydrogens is 400 g/mol. The van der Waals surface area contributed by atoms with Gasteiger partial charge in [0.25, 0.3) is 5.91 Å². The van der Waals surface area contributed by atoms with Crippen LogP contribution in [0.1, 0.15) is 24.2 Å². The SMILES string of the molecule is C=CCN(CC=C)S(=O)(=O)c1ccc(NC(=O)c2ccc(OCC(C)C)cc2)cc1. The molecule has 0 unspecified atom stereocenters. The van der Waals surface area contributed by atoms with Crippen LogP contribution in [0, 0.1) is 5.92 Å². The lowest BCUT2D eigenvalue weighted by Crippen LogP contribution is -2.31. The van der Waals surface area contributed by atoms with Crippen LogP contribution in [0.15, 0.2) is 78.7 Å². The minimum atomic E-state index is -3.68. The van der Waals surface area contributed by atoms with Crippen LogP contribution in [0.5, 0.6) is 5.75 Å². The van der Waals surface area contributed by atoms with E-state index >= 15 is 0 Å². The summed E-state index contributed by atoms with van der Waals surface area (Å²) in [5.41, 5.74) is 0.977. The van der Waals surface area contributed by atoms with Crippen LogP contribution in [0.25, 0.3) is 0 Å². The second-order valence-electron chi connectivity index (χ2n) is 7.11. The number of carbonyl (C=O) groups excluding carboxylic acids is 1. The molecule has 0 radical (unpaired) electrons. The number of benzene rings is 2. The minimum absolute atomic E-state index is 0.135. The Morgan fingerprint density at radius 2 is 1.60 bits per heavy atom. The highest BCUT2D eigenvalue weighted by molar-refractivity contribution is 7.89. The van der Waals surface area contributed by atoms with Gasteiger partial charge in [-0.25, -0.2) is 8.42 Å². The monoisotopic (exact) mass is 428 g/mol. The highest BCUT2D eigenvalue weighted by Gasteiger charge is 2.22. The van der Waals surface area contributed by atoms with Crippen LogP contribution in [0.2, 0.25) is 0 Å². The van der Waals surface area contributed by atoms with Gasteiger partial charge in [0.1, 0.15) is 5.75 Å². The van der Waals surface area contributed by atoms with Crippen molar-refractivity contribution in [1.82, 2.24) is 4.31 Å². The normalized spacial score (nSPS) is 11.3. The van der Waals surface area contributed by atoms with Crippen molar-refractivity contribution in [3.05, 3.63) is 79.4 Å². The first-order chi connectivity index (χ1) is 14.3. The molecule has 0 spiro atoms. The molecule has 1 N–H and O–H groups in total. The van der Waals surface area contributed by atoms with E-state index in [9.17, 15) is 13.2 Å². The van der Waals surface area contributed by atoms with Gasteiger partial charge in [-0.05, 0) is 54.4 Å². The van der Waals surface area contributed by atoms with E-state index in [-0.39, 0.29) is 23.9 Å². The summed E-state index contributed by atoms with van der Waals surface area (Å²) in [5.74, 6) is 0.833. The van der Waals surface area contributed by atoms with Crippen LogP contribution in [0.4, 0.5) is 5.69 Å². The Labute approximate surface area is 178 Å². The number of nitrogens with zero attached hydrogens (tertiary/aromatic N) is 1. The molecule has 6 nitrogen and oxygen atoms in total. The number of rotatable bonds is 11. The molecule has 0 bridgehead atoms. The average Bonchev–Trinajstić information content (AvgIpc) is 2.72. The van der Waals surface area contributed by atoms with Gasteiger partial charge in [0, 0.05) is 24.3 Å². The van der Waals surface area contributed by atoms with Gasteiger partial charge in [0.05, 0.1) is 11.5 Å². The lowest BCUT2D eigenvalue weighted by atomic mass is 10.2. The van der Waals surface area contributed by atoms with Gasteiger partial charge in [-0.15, -0.1) is 13.2 Å². The number of hydrogen-bond donors (Lipinski definition) is 1. The van der Waals surface area contributed by atoms with Crippen molar-refractivity contribution in [3.63, 3.8) is 0 Å². The molecule has 2 rings (SSSR count). The molecule has 0 saturated heterocycles. The fourth-order valence-electron chi connectivity index (χ4n) is 2.59. The summed E-state index contributed by atoms with van der Waals surface area (Å²) in [7, 11) is -3.68. The molecule has 0 atom stereocenters. The van der Waals surface area contributed by atoms with E-state index in [1.165, 1.54) is 28.6 Å². The molecule has 0 aliphatic carbocycles. The molecular formula is C23H28N2O4S. The number of nitrogens with one attached hydrogen (secondary N) is 1. The highest BCUT2D eigenvalue weighted by Crippen LogP contribution is 2.20. The first-order valence-corrected chi connectivity index (χ1v) is 11.1. The predicted octanol–water partition coefficient (Wildman–Crippen LogP) is 4.34. The minimum Gasteiger partial charge on any atom is -0.493 e. The van der Waals surface area contributed by atoms with Crippen LogP contribution < -0.4 is 10.1 Å². The van der Waals surface area contributed by atoms with Gasteiger partial charge in [0.15, 0.2) is 0 Å². The van der Waals surface area contributed by atoms with Gasteiger partial charge in [-0.3, -0.25) is 4.79 Å². The van der Waals surface area contributed by atoms with Crippen LogP contribution in [0.3, 0.4) is 0 Å². The molecule has 0 saturated carbocycles. The first-order valence-electron chi connectivity index (χ1n) is 9.64. The quantitative estimate of drug-likeness (QED) is 0.540. The summed E-state index contributed by atoms with van der Waals surface area (Å²) in [6.45, 7) is 12.3. The number of amides is 1. The maximum Gasteiger partial charge on any atom is 0.255 e. The molecule has 160 valence electrons. The fourth-order valence-corrected chi connectivity index (χ4v) is 3.97. The van der Waals surface area contributed by atoms with Crippen molar-refractivity contribution in [2.75, 3.05) is 25.0 Å². The van der Waals surface area contributed by atoms with E-state index in [1.807, 2.05) is 0 Å². The Bertz CT molecular complexity index is 955. The second-order valence-corrected chi connectivity index (χ2v) is 9.05. The Kier molecular flexibility index (Phi) is 8.38. The summed E-state index contributed by atoms with van der Waals surface area (Å²) in [5, 5.41) is 2.77. The van der Waals surface area contributed by atoms with E-state index in [0.717, 1.165) is 0 Å². The van der Waals surface area contributed by atoms with E-state index < -0.39 is 10.0 Å². The third-order valence-electron chi connectivity index (χ3n) is 4.12. The molecule has 2 aromatic rings. The number of ether oxygens (including phenoxy) is 1. The summed E-state index contributed by atoms with van der Waals surface area (Å²) in [6, 6.07) is 12.9. The van der Waals surface area contributed by atoms with Crippen LogP contribution >= 0.6 is 0 Å². The molecule has 30 heavy (non-hydrogen) atoms. The van der Waals surface area contributed by atoms with Crippen molar-refractivity contribution in [2.24, 2.45) is 5.92 Å². The number of sulfonamides is 1. The lowest BCUT2D eigenvalue weighted by molar-refractivity contribution is 0.102. The summed E-state index contributed by atoms with van der Waals surface area (Å²) in [4.78, 5) is 12.6. The first kappa shape index (κ1) is 23.4. The number of carbonyl (C=O) groups is 1. The second kappa shape index (κ2) is 10.8. The third-order valence-corrected chi connectivity index (χ3v) is 5.96. The van der Waals surface area contributed by atoms with E-state index in [1.54, 1.807) is 36.4 Å². The molecule has 0 heterocycles. The number of anilines is 1. The zero-order chi connectivity index (χ0) is 22.1. The van der Waals surface area contributed by atoms with Gasteiger partial charge in [-0.2, -0.15) is 4.31 Å². The van der Waals surface area contributed by atoms with Gasteiger partial charge < -0.3 is 10.1 Å². The van der Waals surface area contributed by atoms with Crippen molar-refractivity contribution in [1.29, 1.82) is 0 Å². The van der Waals surface area contributed by atoms with Crippen LogP contribution in [-0.4, -0.2) is 38.3 Å². The molecule has 0 aromatic heterocycles. The van der Waals surface area contributed by atoms with Crippen molar-refractivity contribution in [2.45, 2.75) is 18.7 Å². The molecule has 1 amide bonds. The summed E-state index contributed by atoms with van der Waals surface area (Å²) in [6.07, 6.45) is 3.05. The topological polar surface area (TPSA) is 75.7 Å². The molecule has 2 aromatic carbocycles. The van der Waals surface area contributed by atoms with E-state index in [4.69, 9.17) is 4.74 Å². The Balaban J connectivity index is 2.07. The predicted molar refractivity (Wildman–Crippen MR) is 120 cm³/mol. The standard InChI is InChI=1S/C23H28N2O4S/c1-5-15-25(16-6-2)30(27,28)22-13-9-20(10-14-22)24-23(26)19-7-11-21(12-8-19)29-17-18(3)4/h5-14,18H,1-2,15-17H2,3-4H3,(H,24,26). The summed E-state index contributed by atoms with van der Waals surface area (Å²) < 4.78 is 32.3. The van der Waals surface area contributed by atoms with E-state index in [0.29, 0.717) is 29.5 Å². The fraction of sp³-hybridized carbons (Fsp3) is 0.261. The molecule has 0 aliphatic rings. The van der Waals surface area contributed by atoms with Crippen LogP contribution in [-0.2, 0) is 10.0 Å². The Morgan fingerprint density at radius 3 is 2.10 bits per heavy atom. The van der Waals surface area contributed by atoms with Gasteiger partial charge >= 0.3 is 0 Å². The largest absolute Gasteiger partial charge is 0.493 e. The third kappa shape index (κ3) is 6.30. The molecule has 0 fully saturated rings. The van der Waals surface area contributed by atoms with Crippen molar-refractivity contribution in [3.8, 4) is 5.75 Å². The zero-order valence-corrected chi connectivity index (χ0v) is 18.2. The Hall–Kier alpha value is -2.90. The Morgan fingerprint density at radius 1 is 1.03 bits per heavy atom. The molecule has 0 aliphatic heterocycles. The lowest BCUT2D eigenvalue weighted by Gasteiger charge is -2.19. The maximum absolute atomic E-state index is 12.7. The average molecular weight is 429 g/mol. The number of hydrogen-bond acceptors (Lipinski definition) is 4. The molecule has 7 heteroatoms. The van der Waals surface area contributed by atoms with Crippen molar-refractivity contribution < 1.29 is 17.9 Å². The van der Waals surface area contributed by atoms with Gasteiger partial charge in [-0.1, -0.05) is 26.0 Å². The highest BCUT2D eigenvalue weighted by atomic mass is 32.2. The maximum atomic E-state index is 12.7. The zero-order valence-electron chi connectivity index (χ0n) is 17.4. The van der Waals surface area contributed by atoms with Crippen molar-refractivity contribution >= 4 is 21.6 Å². The van der Waals surface area contributed by atoms with Gasteiger partial charge in [0.2, 0.25) is 10.0 Å². The van der Waals surface area contributed by atoms with E-state index in [2.05, 4.69) is 32.3 Å². The smallest absolute Gasteiger partial charge is 0.255 e.